The van der Waals surface area contributed by atoms with Crippen molar-refractivity contribution in [1.29, 1.82) is 0 Å². The van der Waals surface area contributed by atoms with Crippen molar-refractivity contribution in [3.05, 3.63) is 0 Å². The maximum atomic E-state index is 9.47. The molecule has 0 spiro atoms. The zero-order chi connectivity index (χ0) is 8.27. The van der Waals surface area contributed by atoms with Crippen LogP contribution in [0.4, 0.5) is 0 Å². The Bertz CT molecular complexity index is 119. The highest BCUT2D eigenvalue weighted by Gasteiger charge is 2.23. The summed E-state index contributed by atoms with van der Waals surface area (Å²) in [6.45, 7) is 2.04. The first-order chi connectivity index (χ1) is 5.24. The molecule has 0 radical (unpaired) electrons. The number of aliphatic hydroxyl groups excluding tert-OH is 1. The molecular weight excluding hydrogens is 142 g/mol. The van der Waals surface area contributed by atoms with Gasteiger partial charge in [0.05, 0.1) is 12.2 Å². The van der Waals surface area contributed by atoms with Crippen molar-refractivity contribution in [2.75, 3.05) is 0 Å². The smallest absolute Gasteiger partial charge is 0.0790 e. The molecule has 0 amide bonds. The van der Waals surface area contributed by atoms with Crippen molar-refractivity contribution in [2.24, 2.45) is 11.8 Å². The summed E-state index contributed by atoms with van der Waals surface area (Å²) in [7, 11) is 0. The van der Waals surface area contributed by atoms with Crippen LogP contribution in [-0.4, -0.2) is 17.3 Å². The summed E-state index contributed by atoms with van der Waals surface area (Å²) in [6.07, 6.45) is 3.78. The Hall–Kier alpha value is -0.120. The minimum Gasteiger partial charge on any atom is -0.393 e. The molecule has 3 N–H and O–H groups in total. The van der Waals surface area contributed by atoms with Gasteiger partial charge in [0, 0.05) is 0 Å². The third-order valence-electron chi connectivity index (χ3n) is 2.51. The van der Waals surface area contributed by atoms with Gasteiger partial charge in [0.2, 0.25) is 0 Å². The highest BCUT2D eigenvalue weighted by molar-refractivity contribution is 4.74. The summed E-state index contributed by atoms with van der Waals surface area (Å²) in [4.78, 5) is 4.78. The van der Waals surface area contributed by atoms with Crippen molar-refractivity contribution in [3.63, 3.8) is 0 Å². The summed E-state index contributed by atoms with van der Waals surface area (Å²) in [5, 5.41) is 9.47. The highest BCUT2D eigenvalue weighted by atomic mass is 16.6. The quantitative estimate of drug-likeness (QED) is 0.440. The first-order valence-corrected chi connectivity index (χ1v) is 4.27. The summed E-state index contributed by atoms with van der Waals surface area (Å²) >= 11 is 0. The lowest BCUT2D eigenvalue weighted by Crippen LogP contribution is -2.22. The normalized spacial score (nSPS) is 40.1. The minimum absolute atomic E-state index is 0.155. The van der Waals surface area contributed by atoms with Crippen LogP contribution in [-0.2, 0) is 4.84 Å². The molecule has 11 heavy (non-hydrogen) atoms. The van der Waals surface area contributed by atoms with E-state index in [4.69, 9.17) is 10.7 Å². The largest absolute Gasteiger partial charge is 0.393 e. The van der Waals surface area contributed by atoms with Gasteiger partial charge in [-0.25, -0.2) is 5.90 Å². The van der Waals surface area contributed by atoms with Gasteiger partial charge in [-0.05, 0) is 31.6 Å². The molecule has 66 valence electrons. The Morgan fingerprint density at radius 2 is 2.18 bits per heavy atom. The zero-order valence-corrected chi connectivity index (χ0v) is 6.99. The van der Waals surface area contributed by atoms with Crippen LogP contribution in [0.3, 0.4) is 0 Å². The van der Waals surface area contributed by atoms with Crippen LogP contribution in [0.1, 0.15) is 32.6 Å². The van der Waals surface area contributed by atoms with Gasteiger partial charge in [0.25, 0.3) is 0 Å². The van der Waals surface area contributed by atoms with Gasteiger partial charge in [-0.2, -0.15) is 0 Å². The molecular formula is C8H17NO2. The van der Waals surface area contributed by atoms with E-state index in [1.165, 1.54) is 0 Å². The Kier molecular flexibility index (Phi) is 3.30. The third-order valence-corrected chi connectivity index (χ3v) is 2.51. The molecule has 1 saturated carbocycles. The van der Waals surface area contributed by atoms with E-state index in [1.807, 2.05) is 6.92 Å². The van der Waals surface area contributed by atoms with Crippen molar-refractivity contribution in [3.8, 4) is 0 Å². The lowest BCUT2D eigenvalue weighted by molar-refractivity contribution is 0.0250. The second-order valence-electron chi connectivity index (χ2n) is 3.47. The number of aliphatic hydroxyl groups is 1. The van der Waals surface area contributed by atoms with Gasteiger partial charge in [0.1, 0.15) is 0 Å². The molecule has 1 fully saturated rings. The van der Waals surface area contributed by atoms with E-state index in [0.717, 1.165) is 25.7 Å². The van der Waals surface area contributed by atoms with Gasteiger partial charge < -0.3 is 9.94 Å². The lowest BCUT2D eigenvalue weighted by atomic mass is 9.99. The fourth-order valence-corrected chi connectivity index (χ4v) is 1.65. The number of nitrogens with two attached hydrogens (primary N) is 1. The van der Waals surface area contributed by atoms with Crippen molar-refractivity contribution < 1.29 is 9.94 Å². The molecule has 0 bridgehead atoms. The number of hydrogen-bond acceptors (Lipinski definition) is 3. The zero-order valence-electron chi connectivity index (χ0n) is 6.99. The predicted octanol–water partition coefficient (Wildman–Crippen LogP) is 0.816. The Morgan fingerprint density at radius 3 is 2.82 bits per heavy atom. The summed E-state index contributed by atoms with van der Waals surface area (Å²) in [5.41, 5.74) is 0. The molecule has 0 heterocycles. The molecule has 0 aromatic carbocycles. The van der Waals surface area contributed by atoms with Crippen LogP contribution in [0, 0.1) is 5.92 Å². The first-order valence-electron chi connectivity index (χ1n) is 4.27. The molecule has 3 unspecified atom stereocenters. The third kappa shape index (κ3) is 2.43. The fourth-order valence-electron chi connectivity index (χ4n) is 1.65. The topological polar surface area (TPSA) is 55.5 Å². The molecule has 3 heteroatoms. The molecule has 1 aliphatic carbocycles. The van der Waals surface area contributed by atoms with Crippen LogP contribution in [0.15, 0.2) is 0 Å². The van der Waals surface area contributed by atoms with Gasteiger partial charge in [-0.15, -0.1) is 0 Å². The molecule has 3 nitrogen and oxygen atoms in total. The SMILES string of the molecule is CC1CC(ON)CCCC1O. The standard InChI is InChI=1S/C8H17NO2/c1-6-5-7(11-9)3-2-4-8(6)10/h6-8,10H,2-5,9H2,1H3. The number of hydrogen-bond donors (Lipinski definition) is 2. The van der Waals surface area contributed by atoms with E-state index in [9.17, 15) is 5.11 Å². The van der Waals surface area contributed by atoms with E-state index >= 15 is 0 Å². The average Bonchev–Trinajstić information content (AvgIpc) is 2.15. The van der Waals surface area contributed by atoms with Crippen molar-refractivity contribution in [1.82, 2.24) is 0 Å². The molecule has 0 aromatic heterocycles. The molecule has 0 aromatic rings. The van der Waals surface area contributed by atoms with Crippen LogP contribution in [0.2, 0.25) is 0 Å². The summed E-state index contributed by atoms with van der Waals surface area (Å²) in [5.74, 6) is 5.42. The molecule has 3 atom stereocenters. The fraction of sp³-hybridized carbons (Fsp3) is 1.00. The Morgan fingerprint density at radius 1 is 1.45 bits per heavy atom. The van der Waals surface area contributed by atoms with Gasteiger partial charge in [-0.3, -0.25) is 0 Å². The minimum atomic E-state index is -0.157. The maximum absolute atomic E-state index is 9.47. The molecule has 1 rings (SSSR count). The average molecular weight is 159 g/mol. The van der Waals surface area contributed by atoms with Gasteiger partial charge in [-0.1, -0.05) is 6.92 Å². The second-order valence-corrected chi connectivity index (χ2v) is 3.47. The van der Waals surface area contributed by atoms with Crippen molar-refractivity contribution >= 4 is 0 Å². The molecule has 0 aliphatic heterocycles. The first kappa shape index (κ1) is 8.97. The van der Waals surface area contributed by atoms with Gasteiger partial charge in [0.15, 0.2) is 0 Å². The summed E-state index contributed by atoms with van der Waals surface area (Å²) < 4.78 is 0. The van der Waals surface area contributed by atoms with E-state index in [-0.39, 0.29) is 12.2 Å². The highest BCUT2D eigenvalue weighted by Crippen LogP contribution is 2.24. The Labute approximate surface area is 67.5 Å². The Balaban J connectivity index is 2.41. The second kappa shape index (κ2) is 4.04. The van der Waals surface area contributed by atoms with Crippen molar-refractivity contribution in [2.45, 2.75) is 44.8 Å². The van der Waals surface area contributed by atoms with Gasteiger partial charge >= 0.3 is 0 Å². The lowest BCUT2D eigenvalue weighted by Gasteiger charge is -2.17. The van der Waals surface area contributed by atoms with E-state index < -0.39 is 0 Å². The number of rotatable bonds is 1. The molecule has 0 saturated heterocycles. The predicted molar refractivity (Wildman–Crippen MR) is 42.7 cm³/mol. The summed E-state index contributed by atoms with van der Waals surface area (Å²) in [6, 6.07) is 0. The van der Waals surface area contributed by atoms with E-state index in [0.29, 0.717) is 5.92 Å². The van der Waals surface area contributed by atoms with E-state index in [1.54, 1.807) is 0 Å². The monoisotopic (exact) mass is 159 g/mol. The van der Waals surface area contributed by atoms with Crippen LogP contribution < -0.4 is 5.90 Å². The van der Waals surface area contributed by atoms with Crippen LogP contribution in [0.5, 0.6) is 0 Å². The van der Waals surface area contributed by atoms with Crippen LogP contribution >= 0.6 is 0 Å². The van der Waals surface area contributed by atoms with Crippen LogP contribution in [0.25, 0.3) is 0 Å². The molecule has 1 aliphatic rings. The maximum Gasteiger partial charge on any atom is 0.0790 e. The van der Waals surface area contributed by atoms with E-state index in [2.05, 4.69) is 0 Å².